The minimum Gasteiger partial charge on any atom is -0.481 e. The van der Waals surface area contributed by atoms with Gasteiger partial charge in [-0.2, -0.15) is 0 Å². The van der Waals surface area contributed by atoms with Gasteiger partial charge in [0.1, 0.15) is 0 Å². The fraction of sp³-hybridized carbons (Fsp3) is 0.353. The van der Waals surface area contributed by atoms with Crippen molar-refractivity contribution in [1.29, 1.82) is 0 Å². The Balaban J connectivity index is 2.12. The molecule has 0 saturated heterocycles. The van der Waals surface area contributed by atoms with Crippen LogP contribution in [0.3, 0.4) is 0 Å². The topological polar surface area (TPSA) is 37.3 Å². The summed E-state index contributed by atoms with van der Waals surface area (Å²) in [5, 5.41) is 12.1. The van der Waals surface area contributed by atoms with Gasteiger partial charge < -0.3 is 5.11 Å². The van der Waals surface area contributed by atoms with E-state index in [1.807, 2.05) is 13.0 Å². The van der Waals surface area contributed by atoms with Crippen molar-refractivity contribution in [3.05, 3.63) is 47.5 Å². The first-order valence-electron chi connectivity index (χ1n) is 6.89. The molecule has 0 aliphatic heterocycles. The van der Waals surface area contributed by atoms with Crippen molar-refractivity contribution in [3.63, 3.8) is 0 Å². The molecular formula is C17H18O2. The summed E-state index contributed by atoms with van der Waals surface area (Å²) >= 11 is 0. The van der Waals surface area contributed by atoms with Crippen LogP contribution in [0.2, 0.25) is 0 Å². The Morgan fingerprint density at radius 1 is 1.26 bits per heavy atom. The third kappa shape index (κ3) is 1.83. The van der Waals surface area contributed by atoms with Gasteiger partial charge in [0.15, 0.2) is 0 Å². The van der Waals surface area contributed by atoms with Crippen LogP contribution in [0.15, 0.2) is 36.4 Å². The molecule has 3 rings (SSSR count). The first kappa shape index (κ1) is 12.2. The number of aliphatic carboxylic acids is 1. The van der Waals surface area contributed by atoms with Gasteiger partial charge in [-0.25, -0.2) is 0 Å². The molecule has 0 heterocycles. The predicted molar refractivity (Wildman–Crippen MR) is 76.3 cm³/mol. The SMILES string of the molecule is CCC1(C(=O)O)CCc2c(ccc3ccccc23)C1. The number of hydrogen-bond acceptors (Lipinski definition) is 1. The number of carboxylic acid groups (broad SMARTS) is 1. The largest absolute Gasteiger partial charge is 0.481 e. The highest BCUT2D eigenvalue weighted by molar-refractivity contribution is 5.87. The molecular weight excluding hydrogens is 236 g/mol. The van der Waals surface area contributed by atoms with Crippen molar-refractivity contribution in [3.8, 4) is 0 Å². The third-order valence-electron chi connectivity index (χ3n) is 4.65. The number of carboxylic acids is 1. The average Bonchev–Trinajstić information content (AvgIpc) is 2.46. The van der Waals surface area contributed by atoms with Gasteiger partial charge in [0.2, 0.25) is 0 Å². The molecule has 2 aromatic rings. The van der Waals surface area contributed by atoms with Gasteiger partial charge in [0.05, 0.1) is 5.41 Å². The molecule has 0 saturated carbocycles. The molecule has 1 atom stereocenters. The predicted octanol–water partition coefficient (Wildman–Crippen LogP) is 3.81. The zero-order valence-corrected chi connectivity index (χ0v) is 11.1. The zero-order chi connectivity index (χ0) is 13.5. The Labute approximate surface area is 113 Å². The van der Waals surface area contributed by atoms with Crippen LogP contribution in [-0.4, -0.2) is 11.1 Å². The molecule has 2 heteroatoms. The fourth-order valence-corrected chi connectivity index (χ4v) is 3.29. The van der Waals surface area contributed by atoms with E-state index in [2.05, 4.69) is 30.3 Å². The Kier molecular flexibility index (Phi) is 2.81. The van der Waals surface area contributed by atoms with E-state index in [-0.39, 0.29) is 0 Å². The summed E-state index contributed by atoms with van der Waals surface area (Å²) in [6.45, 7) is 1.99. The maximum atomic E-state index is 11.6. The highest BCUT2D eigenvalue weighted by Gasteiger charge is 2.40. The molecule has 98 valence electrons. The molecule has 1 unspecified atom stereocenters. The molecule has 0 fully saturated rings. The van der Waals surface area contributed by atoms with E-state index in [1.165, 1.54) is 21.9 Å². The molecule has 1 aliphatic carbocycles. The second-order valence-corrected chi connectivity index (χ2v) is 5.54. The highest BCUT2D eigenvalue weighted by atomic mass is 16.4. The van der Waals surface area contributed by atoms with Crippen molar-refractivity contribution >= 4 is 16.7 Å². The van der Waals surface area contributed by atoms with Crippen LogP contribution >= 0.6 is 0 Å². The third-order valence-corrected chi connectivity index (χ3v) is 4.65. The lowest BCUT2D eigenvalue weighted by molar-refractivity contribution is -0.150. The lowest BCUT2D eigenvalue weighted by Gasteiger charge is -2.34. The Bertz CT molecular complexity index is 645. The average molecular weight is 254 g/mol. The molecule has 2 nitrogen and oxygen atoms in total. The molecule has 2 aromatic carbocycles. The summed E-state index contributed by atoms with van der Waals surface area (Å²) in [5.41, 5.74) is 2.01. The summed E-state index contributed by atoms with van der Waals surface area (Å²) < 4.78 is 0. The highest BCUT2D eigenvalue weighted by Crippen LogP contribution is 2.40. The normalized spacial score (nSPS) is 22.2. The number of hydrogen-bond donors (Lipinski definition) is 1. The van der Waals surface area contributed by atoms with E-state index in [0.717, 1.165) is 12.8 Å². The van der Waals surface area contributed by atoms with Gasteiger partial charge in [-0.3, -0.25) is 4.79 Å². The van der Waals surface area contributed by atoms with E-state index >= 15 is 0 Å². The molecule has 0 aromatic heterocycles. The minimum atomic E-state index is -0.645. The van der Waals surface area contributed by atoms with Gasteiger partial charge in [0.25, 0.3) is 0 Å². The first-order chi connectivity index (χ1) is 9.16. The number of rotatable bonds is 2. The smallest absolute Gasteiger partial charge is 0.309 e. The number of benzene rings is 2. The van der Waals surface area contributed by atoms with Gasteiger partial charge >= 0.3 is 5.97 Å². The van der Waals surface area contributed by atoms with Crippen LogP contribution in [0.1, 0.15) is 30.9 Å². The van der Waals surface area contributed by atoms with Crippen molar-refractivity contribution in [2.75, 3.05) is 0 Å². The number of carbonyl (C=O) groups is 1. The van der Waals surface area contributed by atoms with Crippen molar-refractivity contribution in [1.82, 2.24) is 0 Å². The van der Waals surface area contributed by atoms with E-state index in [1.54, 1.807) is 0 Å². The lowest BCUT2D eigenvalue weighted by atomic mass is 9.69. The first-order valence-corrected chi connectivity index (χ1v) is 6.89. The maximum Gasteiger partial charge on any atom is 0.309 e. The molecule has 1 aliphatic rings. The second kappa shape index (κ2) is 4.37. The quantitative estimate of drug-likeness (QED) is 0.884. The van der Waals surface area contributed by atoms with Crippen LogP contribution in [0.4, 0.5) is 0 Å². The Hall–Kier alpha value is -1.83. The monoisotopic (exact) mass is 254 g/mol. The second-order valence-electron chi connectivity index (χ2n) is 5.54. The molecule has 0 amide bonds. The minimum absolute atomic E-state index is 0.560. The summed E-state index contributed by atoms with van der Waals surface area (Å²) in [4.78, 5) is 11.6. The van der Waals surface area contributed by atoms with E-state index in [0.29, 0.717) is 12.8 Å². The van der Waals surface area contributed by atoms with Gasteiger partial charge in [-0.15, -0.1) is 0 Å². The Morgan fingerprint density at radius 3 is 2.79 bits per heavy atom. The van der Waals surface area contributed by atoms with Crippen molar-refractivity contribution < 1.29 is 9.90 Å². The van der Waals surface area contributed by atoms with Gasteiger partial charge in [-0.05, 0) is 47.6 Å². The van der Waals surface area contributed by atoms with E-state index in [9.17, 15) is 9.90 Å². The van der Waals surface area contributed by atoms with E-state index < -0.39 is 11.4 Å². The summed E-state index contributed by atoms with van der Waals surface area (Å²) in [7, 11) is 0. The summed E-state index contributed by atoms with van der Waals surface area (Å²) in [5.74, 6) is -0.645. The van der Waals surface area contributed by atoms with Crippen LogP contribution in [0.25, 0.3) is 10.8 Å². The standard InChI is InChI=1S/C17H18O2/c1-2-17(16(18)19)10-9-15-13(11-17)8-7-12-5-3-4-6-14(12)15/h3-8H,2,9-11H2,1H3,(H,18,19). The molecule has 0 bridgehead atoms. The van der Waals surface area contributed by atoms with Crippen LogP contribution < -0.4 is 0 Å². The Morgan fingerprint density at radius 2 is 2.05 bits per heavy atom. The number of fused-ring (bicyclic) bond motifs is 3. The van der Waals surface area contributed by atoms with Crippen molar-refractivity contribution in [2.45, 2.75) is 32.6 Å². The summed E-state index contributed by atoms with van der Waals surface area (Å²) in [6, 6.07) is 12.6. The van der Waals surface area contributed by atoms with Crippen molar-refractivity contribution in [2.24, 2.45) is 5.41 Å². The number of aryl methyl sites for hydroxylation is 1. The molecule has 1 N–H and O–H groups in total. The van der Waals surface area contributed by atoms with Crippen LogP contribution in [-0.2, 0) is 17.6 Å². The lowest BCUT2D eigenvalue weighted by Crippen LogP contribution is -2.36. The fourth-order valence-electron chi connectivity index (χ4n) is 3.29. The van der Waals surface area contributed by atoms with Gasteiger partial charge in [0, 0.05) is 0 Å². The van der Waals surface area contributed by atoms with Crippen LogP contribution in [0, 0.1) is 5.41 Å². The molecule has 19 heavy (non-hydrogen) atoms. The maximum absolute atomic E-state index is 11.6. The van der Waals surface area contributed by atoms with E-state index in [4.69, 9.17) is 0 Å². The molecule has 0 radical (unpaired) electrons. The molecule has 0 spiro atoms. The summed E-state index contributed by atoms with van der Waals surface area (Å²) in [6.07, 6.45) is 2.99. The van der Waals surface area contributed by atoms with Gasteiger partial charge in [-0.1, -0.05) is 43.3 Å². The zero-order valence-electron chi connectivity index (χ0n) is 11.1. The van der Waals surface area contributed by atoms with Crippen LogP contribution in [0.5, 0.6) is 0 Å².